The highest BCUT2D eigenvalue weighted by Crippen LogP contribution is 2.15. The van der Waals surface area contributed by atoms with Gasteiger partial charge in [-0.25, -0.2) is 8.42 Å². The van der Waals surface area contributed by atoms with Gasteiger partial charge < -0.3 is 5.32 Å². The van der Waals surface area contributed by atoms with Crippen LogP contribution in [0.4, 0.5) is 5.69 Å². The molecule has 0 radical (unpaired) electrons. The van der Waals surface area contributed by atoms with Crippen LogP contribution in [0.2, 0.25) is 0 Å². The van der Waals surface area contributed by atoms with Gasteiger partial charge >= 0.3 is 0 Å². The zero-order chi connectivity index (χ0) is 12.0. The molecular weight excluding hydrogens is 242 g/mol. The van der Waals surface area contributed by atoms with Gasteiger partial charge in [-0.1, -0.05) is 6.92 Å². The molecule has 1 rings (SSSR count). The minimum absolute atomic E-state index is 0.138. The molecule has 0 spiro atoms. The Morgan fingerprint density at radius 3 is 2.38 bits per heavy atom. The quantitative estimate of drug-likeness (QED) is 0.608. The number of sulfone groups is 1. The third-order valence-corrected chi connectivity index (χ3v) is 4.32. The van der Waals surface area contributed by atoms with E-state index >= 15 is 0 Å². The molecule has 0 saturated heterocycles. The molecule has 5 heteroatoms. The molecule has 0 saturated carbocycles. The van der Waals surface area contributed by atoms with E-state index in [2.05, 4.69) is 17.9 Å². The Kier molecular flexibility index (Phi) is 5.15. The molecule has 0 fully saturated rings. The summed E-state index contributed by atoms with van der Waals surface area (Å²) in [6.45, 7) is 2.50. The lowest BCUT2D eigenvalue weighted by Crippen LogP contribution is -2.05. The highest BCUT2D eigenvalue weighted by Gasteiger charge is 2.10. The van der Waals surface area contributed by atoms with Crippen molar-refractivity contribution in [2.24, 2.45) is 0 Å². The Morgan fingerprint density at radius 1 is 1.25 bits per heavy atom. The molecule has 0 amide bonds. The monoisotopic (exact) mass is 259 g/mol. The first-order valence-corrected chi connectivity index (χ1v) is 7.56. The Hall–Kier alpha value is -0.680. The zero-order valence-corrected chi connectivity index (χ0v) is 11.0. The van der Waals surface area contributed by atoms with Crippen LogP contribution in [0, 0.1) is 0 Å². The molecule has 16 heavy (non-hydrogen) atoms. The van der Waals surface area contributed by atoms with Crippen molar-refractivity contribution in [1.29, 1.82) is 0 Å². The molecular formula is C11H17NO2S2. The summed E-state index contributed by atoms with van der Waals surface area (Å²) in [5.41, 5.74) is 0.942. The van der Waals surface area contributed by atoms with Crippen molar-refractivity contribution in [3.8, 4) is 0 Å². The van der Waals surface area contributed by atoms with Gasteiger partial charge in [0, 0.05) is 12.2 Å². The van der Waals surface area contributed by atoms with Crippen molar-refractivity contribution in [3.05, 3.63) is 24.3 Å². The van der Waals surface area contributed by atoms with E-state index < -0.39 is 9.84 Å². The topological polar surface area (TPSA) is 46.2 Å². The molecule has 0 unspecified atom stereocenters. The Bertz CT molecular complexity index is 412. The Morgan fingerprint density at radius 2 is 1.88 bits per heavy atom. The SMILES string of the molecule is CCS(=O)(=O)c1ccc(NCCCS)cc1. The maximum Gasteiger partial charge on any atom is 0.178 e. The van der Waals surface area contributed by atoms with E-state index in [1.54, 1.807) is 31.2 Å². The number of nitrogens with one attached hydrogen (secondary N) is 1. The van der Waals surface area contributed by atoms with Crippen molar-refractivity contribution in [1.82, 2.24) is 0 Å². The maximum absolute atomic E-state index is 11.5. The minimum atomic E-state index is -3.08. The van der Waals surface area contributed by atoms with Crippen molar-refractivity contribution in [2.45, 2.75) is 18.2 Å². The average Bonchev–Trinajstić information content (AvgIpc) is 2.30. The molecule has 0 aliphatic carbocycles. The maximum atomic E-state index is 11.5. The standard InChI is InChI=1S/C11H17NO2S2/c1-2-16(13,14)11-6-4-10(5-7-11)12-8-3-9-15/h4-7,12,15H,2-3,8-9H2,1H3. The Balaban J connectivity index is 2.68. The van der Waals surface area contributed by atoms with Gasteiger partial charge in [-0.3, -0.25) is 0 Å². The highest BCUT2D eigenvalue weighted by molar-refractivity contribution is 7.91. The van der Waals surface area contributed by atoms with E-state index in [0.29, 0.717) is 4.90 Å². The molecule has 0 aliphatic heterocycles. The van der Waals surface area contributed by atoms with Crippen LogP contribution in [-0.2, 0) is 9.84 Å². The lowest BCUT2D eigenvalue weighted by molar-refractivity contribution is 0.597. The predicted octanol–water partition coefficient (Wildman–Crippen LogP) is 2.21. The van der Waals surface area contributed by atoms with Gasteiger partial charge in [0.15, 0.2) is 9.84 Å². The van der Waals surface area contributed by atoms with Crippen molar-refractivity contribution in [2.75, 3.05) is 23.4 Å². The number of anilines is 1. The number of thiol groups is 1. The van der Waals surface area contributed by atoms with Gasteiger partial charge in [-0.2, -0.15) is 12.6 Å². The summed E-state index contributed by atoms with van der Waals surface area (Å²) >= 11 is 4.11. The zero-order valence-electron chi connectivity index (χ0n) is 9.31. The van der Waals surface area contributed by atoms with Crippen molar-refractivity contribution < 1.29 is 8.42 Å². The highest BCUT2D eigenvalue weighted by atomic mass is 32.2. The molecule has 1 aromatic carbocycles. The van der Waals surface area contributed by atoms with Crippen LogP contribution >= 0.6 is 12.6 Å². The van der Waals surface area contributed by atoms with E-state index in [1.807, 2.05) is 0 Å². The molecule has 0 aromatic heterocycles. The summed E-state index contributed by atoms with van der Waals surface area (Å²) in [5.74, 6) is 0.981. The molecule has 0 bridgehead atoms. The van der Waals surface area contributed by atoms with E-state index in [9.17, 15) is 8.42 Å². The fourth-order valence-corrected chi connectivity index (χ4v) is 2.30. The number of hydrogen-bond donors (Lipinski definition) is 2. The van der Waals surface area contributed by atoms with Crippen LogP contribution in [0.25, 0.3) is 0 Å². The van der Waals surface area contributed by atoms with Gasteiger partial charge in [0.2, 0.25) is 0 Å². The molecule has 1 N–H and O–H groups in total. The second kappa shape index (κ2) is 6.15. The summed E-state index contributed by atoms with van der Waals surface area (Å²) in [7, 11) is -3.08. The van der Waals surface area contributed by atoms with Crippen LogP contribution in [-0.4, -0.2) is 26.5 Å². The van der Waals surface area contributed by atoms with E-state index in [1.165, 1.54) is 0 Å². The average molecular weight is 259 g/mol. The van der Waals surface area contributed by atoms with Crippen LogP contribution in [0.15, 0.2) is 29.2 Å². The van der Waals surface area contributed by atoms with Gasteiger partial charge in [-0.15, -0.1) is 0 Å². The van der Waals surface area contributed by atoms with Gasteiger partial charge in [0.1, 0.15) is 0 Å². The Labute approximate surface area is 103 Å². The smallest absolute Gasteiger partial charge is 0.178 e. The molecule has 90 valence electrons. The van der Waals surface area contributed by atoms with E-state index in [-0.39, 0.29) is 5.75 Å². The van der Waals surface area contributed by atoms with Crippen molar-refractivity contribution in [3.63, 3.8) is 0 Å². The first kappa shape index (κ1) is 13.4. The number of hydrogen-bond acceptors (Lipinski definition) is 4. The third kappa shape index (κ3) is 3.72. The van der Waals surface area contributed by atoms with Crippen LogP contribution in [0.5, 0.6) is 0 Å². The second-order valence-corrected chi connectivity index (χ2v) is 6.16. The van der Waals surface area contributed by atoms with Gasteiger partial charge in [0.25, 0.3) is 0 Å². The van der Waals surface area contributed by atoms with Crippen molar-refractivity contribution >= 4 is 28.2 Å². The number of rotatable bonds is 6. The van der Waals surface area contributed by atoms with Crippen LogP contribution in [0.1, 0.15) is 13.3 Å². The third-order valence-electron chi connectivity index (χ3n) is 2.26. The van der Waals surface area contributed by atoms with Crippen LogP contribution in [0.3, 0.4) is 0 Å². The fourth-order valence-electron chi connectivity index (χ4n) is 1.26. The second-order valence-electron chi connectivity index (χ2n) is 3.43. The molecule has 0 atom stereocenters. The van der Waals surface area contributed by atoms with E-state index in [0.717, 1.165) is 24.4 Å². The minimum Gasteiger partial charge on any atom is -0.385 e. The number of benzene rings is 1. The molecule has 0 heterocycles. The summed E-state index contributed by atoms with van der Waals surface area (Å²) in [6.07, 6.45) is 0.984. The normalized spacial score (nSPS) is 11.4. The first-order valence-electron chi connectivity index (χ1n) is 5.27. The lowest BCUT2D eigenvalue weighted by atomic mass is 10.3. The summed E-state index contributed by atoms with van der Waals surface area (Å²) in [5, 5.41) is 3.20. The molecule has 0 aliphatic rings. The summed E-state index contributed by atoms with van der Waals surface area (Å²) in [6, 6.07) is 6.87. The van der Waals surface area contributed by atoms with Crippen LogP contribution < -0.4 is 5.32 Å². The van der Waals surface area contributed by atoms with Gasteiger partial charge in [-0.05, 0) is 36.4 Å². The molecule has 1 aromatic rings. The largest absolute Gasteiger partial charge is 0.385 e. The lowest BCUT2D eigenvalue weighted by Gasteiger charge is -2.06. The fraction of sp³-hybridized carbons (Fsp3) is 0.455. The van der Waals surface area contributed by atoms with Gasteiger partial charge in [0.05, 0.1) is 10.6 Å². The van der Waals surface area contributed by atoms with E-state index in [4.69, 9.17) is 0 Å². The summed E-state index contributed by atoms with van der Waals surface area (Å²) < 4.78 is 23.1. The first-order chi connectivity index (χ1) is 7.60. The predicted molar refractivity (Wildman–Crippen MR) is 71.1 cm³/mol. The molecule has 3 nitrogen and oxygen atoms in total. The summed E-state index contributed by atoms with van der Waals surface area (Å²) in [4.78, 5) is 0.384.